The number of guanidine groups is 1. The maximum atomic E-state index is 6.48. The van der Waals surface area contributed by atoms with E-state index in [1.807, 2.05) is 5.16 Å². The van der Waals surface area contributed by atoms with Gasteiger partial charge in [-0.15, -0.1) is 17.5 Å². The first-order valence-electron chi connectivity index (χ1n) is 1.44. The standard InChI is InChI=1S/C2H4N4S.ClH.Li.H/c3-2(4)6-5-1-7;;;/h(H4,3,4,6);1H;;. The van der Waals surface area contributed by atoms with Crippen molar-refractivity contribution in [3.8, 4) is 0 Å². The number of hydrazone groups is 1. The second kappa shape index (κ2) is 10.9. The average molecular weight is 161 g/mol. The summed E-state index contributed by atoms with van der Waals surface area (Å²) < 4.78 is 0. The van der Waals surface area contributed by atoms with E-state index in [1.165, 1.54) is 0 Å². The number of isothiocyanates is 1. The zero-order valence-corrected chi connectivity index (χ0v) is 5.47. The fourth-order valence-electron chi connectivity index (χ4n) is 0.0830. The first kappa shape index (κ1) is 16.0. The van der Waals surface area contributed by atoms with E-state index in [4.69, 9.17) is 11.1 Å². The van der Waals surface area contributed by atoms with Crippen LogP contribution in [0.4, 0.5) is 0 Å². The third kappa shape index (κ3) is 18.0. The summed E-state index contributed by atoms with van der Waals surface area (Å²) in [6.45, 7) is 0. The number of halogens is 1. The molecule has 0 amide bonds. The van der Waals surface area contributed by atoms with E-state index in [0.29, 0.717) is 0 Å². The molecule has 7 heteroatoms. The van der Waals surface area contributed by atoms with Gasteiger partial charge in [0, 0.05) is 0 Å². The molecule has 0 heterocycles. The van der Waals surface area contributed by atoms with Crippen LogP contribution >= 0.6 is 24.6 Å². The third-order valence-electron chi connectivity index (χ3n) is 0.222. The van der Waals surface area contributed by atoms with Crippen LogP contribution in [-0.2, 0) is 0 Å². The number of nitrogens with one attached hydrogen (secondary N) is 2. The van der Waals surface area contributed by atoms with Crippen LogP contribution in [0, 0.1) is 5.41 Å². The molecule has 9 heavy (non-hydrogen) atoms. The van der Waals surface area contributed by atoms with Crippen LogP contribution in [0.1, 0.15) is 0 Å². The van der Waals surface area contributed by atoms with E-state index in [9.17, 15) is 0 Å². The molecular formula is C2H6ClLiN4S. The molecule has 0 aromatic rings. The Morgan fingerprint density at radius 2 is 2.22 bits per heavy atom. The molecular weight excluding hydrogens is 155 g/mol. The van der Waals surface area contributed by atoms with Crippen LogP contribution in [0.2, 0.25) is 0 Å². The van der Waals surface area contributed by atoms with Gasteiger partial charge in [-0.2, -0.15) is 0 Å². The molecule has 0 fully saturated rings. The Hall–Kier alpha value is -0.0426. The van der Waals surface area contributed by atoms with Gasteiger partial charge < -0.3 is 5.73 Å². The van der Waals surface area contributed by atoms with Crippen molar-refractivity contribution in [1.82, 2.24) is 5.43 Å². The fourth-order valence-corrected chi connectivity index (χ4v) is 0.129. The molecule has 48 valence electrons. The van der Waals surface area contributed by atoms with Crippen molar-refractivity contribution >= 4 is 54.6 Å². The van der Waals surface area contributed by atoms with Crippen LogP contribution in [0.25, 0.3) is 0 Å². The number of hydrogen-bond donors (Lipinski definition) is 3. The van der Waals surface area contributed by atoms with Gasteiger partial charge in [-0.05, 0) is 12.2 Å². The minimum atomic E-state index is -0.239. The quantitative estimate of drug-likeness (QED) is 0.156. The maximum absolute atomic E-state index is 6.48. The second-order valence-corrected chi connectivity index (χ2v) is 0.911. The van der Waals surface area contributed by atoms with Gasteiger partial charge in [0.2, 0.25) is 5.96 Å². The van der Waals surface area contributed by atoms with Crippen LogP contribution in [0.15, 0.2) is 5.10 Å². The van der Waals surface area contributed by atoms with E-state index in [2.05, 4.69) is 22.7 Å². The molecule has 4 N–H and O–H groups in total. The summed E-state index contributed by atoms with van der Waals surface area (Å²) >= 11 is 4.14. The van der Waals surface area contributed by atoms with E-state index in [0.717, 1.165) is 0 Å². The van der Waals surface area contributed by atoms with Gasteiger partial charge >= 0.3 is 18.9 Å². The van der Waals surface area contributed by atoms with Crippen LogP contribution in [-0.4, -0.2) is 30.0 Å². The first-order chi connectivity index (χ1) is 3.27. The van der Waals surface area contributed by atoms with Crippen LogP contribution in [0.3, 0.4) is 0 Å². The molecule has 0 saturated carbocycles. The monoisotopic (exact) mass is 160 g/mol. The number of hydrogen-bond acceptors (Lipinski definition) is 3. The van der Waals surface area contributed by atoms with Crippen LogP contribution < -0.4 is 11.2 Å². The van der Waals surface area contributed by atoms with Gasteiger partial charge in [0.25, 0.3) is 0 Å². The summed E-state index contributed by atoms with van der Waals surface area (Å²) in [4.78, 5) is 0. The Morgan fingerprint density at radius 3 is 2.33 bits per heavy atom. The summed E-state index contributed by atoms with van der Waals surface area (Å²) in [6.07, 6.45) is 0. The second-order valence-electron chi connectivity index (χ2n) is 0.729. The van der Waals surface area contributed by atoms with Crippen molar-refractivity contribution in [2.24, 2.45) is 10.8 Å². The van der Waals surface area contributed by atoms with Gasteiger partial charge in [0.1, 0.15) is 0 Å². The Bertz CT molecular complexity index is 122. The molecule has 4 nitrogen and oxygen atoms in total. The first-order valence-corrected chi connectivity index (χ1v) is 1.85. The Morgan fingerprint density at radius 1 is 1.78 bits per heavy atom. The summed E-state index contributed by atoms with van der Waals surface area (Å²) in [5, 5.41) is 11.6. The molecule has 0 unspecified atom stereocenters. The van der Waals surface area contributed by atoms with Crippen molar-refractivity contribution in [1.29, 1.82) is 5.41 Å². The summed E-state index contributed by atoms with van der Waals surface area (Å²) in [7, 11) is 0. The van der Waals surface area contributed by atoms with Gasteiger partial charge in [-0.3, -0.25) is 5.41 Å². The van der Waals surface area contributed by atoms with Gasteiger partial charge in [0.05, 0.1) is 5.16 Å². The van der Waals surface area contributed by atoms with Gasteiger partial charge in [0.15, 0.2) is 0 Å². The van der Waals surface area contributed by atoms with Crippen LogP contribution in [0.5, 0.6) is 0 Å². The van der Waals surface area contributed by atoms with E-state index in [-0.39, 0.29) is 37.2 Å². The number of rotatable bonds is 1. The van der Waals surface area contributed by atoms with Gasteiger partial charge in [-0.25, -0.2) is 5.43 Å². The zero-order valence-electron chi connectivity index (χ0n) is 3.84. The Kier molecular flexibility index (Phi) is 19.3. The van der Waals surface area contributed by atoms with Crippen molar-refractivity contribution in [3.63, 3.8) is 0 Å². The van der Waals surface area contributed by atoms with Crippen molar-refractivity contribution in [3.05, 3.63) is 0 Å². The summed E-state index contributed by atoms with van der Waals surface area (Å²) in [5.41, 5.74) is 6.84. The normalized spacial score (nSPS) is 4.89. The molecule has 0 aliphatic rings. The topological polar surface area (TPSA) is 74.3 Å². The van der Waals surface area contributed by atoms with Crippen molar-refractivity contribution in [2.75, 3.05) is 0 Å². The molecule has 0 bridgehead atoms. The molecule has 0 aliphatic carbocycles. The van der Waals surface area contributed by atoms with Gasteiger partial charge in [-0.1, -0.05) is 0 Å². The Balaban J connectivity index is -0.000000180. The average Bonchev–Trinajstić information content (AvgIpc) is 1.61. The van der Waals surface area contributed by atoms with E-state index >= 15 is 0 Å². The predicted molar refractivity (Wildman–Crippen MR) is 44.5 cm³/mol. The fraction of sp³-hybridized carbons (Fsp3) is 0. The SMILES string of the molecule is Cl.N=C(N)NN=C=S.[LiH]. The number of thiocarbonyl (C=S) groups is 1. The summed E-state index contributed by atoms with van der Waals surface area (Å²) in [5.74, 6) is -0.239. The molecule has 0 aromatic heterocycles. The summed E-state index contributed by atoms with van der Waals surface area (Å²) in [6, 6.07) is 0. The minimum absolute atomic E-state index is 0. The molecule has 0 aromatic carbocycles. The zero-order chi connectivity index (χ0) is 5.70. The van der Waals surface area contributed by atoms with Crippen molar-refractivity contribution < 1.29 is 0 Å². The number of nitrogens with zero attached hydrogens (tertiary/aromatic N) is 1. The molecule has 0 saturated heterocycles. The predicted octanol–water partition coefficient (Wildman–Crippen LogP) is -0.739. The Labute approximate surface area is 76.4 Å². The van der Waals surface area contributed by atoms with Crippen molar-refractivity contribution in [2.45, 2.75) is 0 Å². The molecule has 0 aliphatic heterocycles. The molecule has 0 atom stereocenters. The van der Waals surface area contributed by atoms with E-state index < -0.39 is 0 Å². The molecule has 0 spiro atoms. The number of nitrogens with two attached hydrogens (primary N) is 1. The third-order valence-corrected chi connectivity index (χ3v) is 0.313. The molecule has 0 rings (SSSR count). The van der Waals surface area contributed by atoms with E-state index in [1.54, 1.807) is 0 Å². The molecule has 0 radical (unpaired) electrons.